The van der Waals surface area contributed by atoms with Crippen LogP contribution in [0.2, 0.25) is 5.02 Å². The van der Waals surface area contributed by atoms with Gasteiger partial charge in [0.2, 0.25) is 0 Å². The van der Waals surface area contributed by atoms with Gasteiger partial charge in [0, 0.05) is 17.5 Å². The first-order chi connectivity index (χ1) is 10.5. The highest BCUT2D eigenvalue weighted by atomic mass is 35.5. The van der Waals surface area contributed by atoms with Gasteiger partial charge in [-0.1, -0.05) is 24.1 Å². The van der Waals surface area contributed by atoms with Crippen LogP contribution in [0.1, 0.15) is 31.4 Å². The molecule has 3 aromatic rings. The first kappa shape index (κ1) is 14.7. The Morgan fingerprint density at radius 3 is 2.68 bits per heavy atom. The maximum atomic E-state index is 12.5. The van der Waals surface area contributed by atoms with Gasteiger partial charge in [0.1, 0.15) is 5.82 Å². The molecule has 2 aromatic heterocycles. The molecule has 1 aromatic carbocycles. The molecule has 0 fully saturated rings. The number of carbonyl (C=O) groups excluding carboxylic acids is 1. The van der Waals surface area contributed by atoms with E-state index in [-0.39, 0.29) is 5.91 Å². The lowest BCUT2D eigenvalue weighted by molar-refractivity contribution is 0.0969. The topological polar surface area (TPSA) is 60.7 Å². The summed E-state index contributed by atoms with van der Waals surface area (Å²) in [6, 6.07) is 5.29. The van der Waals surface area contributed by atoms with Crippen molar-refractivity contribution < 1.29 is 4.79 Å². The van der Waals surface area contributed by atoms with E-state index in [1.807, 2.05) is 20.8 Å². The Labute approximate surface area is 132 Å². The lowest BCUT2D eigenvalue weighted by atomic mass is 10.3. The van der Waals surface area contributed by atoms with Gasteiger partial charge in [-0.05, 0) is 32.0 Å². The number of benzene rings is 1. The van der Waals surface area contributed by atoms with Crippen LogP contribution in [0.4, 0.5) is 0 Å². The third-order valence-corrected chi connectivity index (χ3v) is 3.48. The van der Waals surface area contributed by atoms with Crippen molar-refractivity contribution in [3.8, 4) is 0 Å². The van der Waals surface area contributed by atoms with Gasteiger partial charge in [-0.25, -0.2) is 19.5 Å². The number of allylic oxidation sites excluding steroid dienone is 2. The quantitative estimate of drug-likeness (QED) is 0.675. The second kappa shape index (κ2) is 5.50. The molecule has 0 aliphatic carbocycles. The van der Waals surface area contributed by atoms with Gasteiger partial charge in [-0.2, -0.15) is 0 Å². The maximum absolute atomic E-state index is 12.5. The van der Waals surface area contributed by atoms with Crippen molar-refractivity contribution in [3.63, 3.8) is 0 Å². The molecule has 6 heteroatoms. The van der Waals surface area contributed by atoms with E-state index < -0.39 is 0 Å². The lowest BCUT2D eigenvalue weighted by Gasteiger charge is -2.03. The first-order valence-electron chi connectivity index (χ1n) is 7.03. The summed E-state index contributed by atoms with van der Waals surface area (Å²) >= 11 is 5.99. The van der Waals surface area contributed by atoms with Crippen LogP contribution in [-0.4, -0.2) is 25.4 Å². The smallest absolute Gasteiger partial charge is 0.257 e. The second-order valence-electron chi connectivity index (χ2n) is 5.28. The molecular formula is C16H15ClN4O. The van der Waals surface area contributed by atoms with Crippen LogP contribution in [0.15, 0.2) is 29.8 Å². The van der Waals surface area contributed by atoms with E-state index in [2.05, 4.69) is 15.0 Å². The zero-order chi connectivity index (χ0) is 15.9. The third kappa shape index (κ3) is 2.48. The number of carbonyl (C=O) groups is 1. The minimum Gasteiger partial charge on any atom is -0.269 e. The molecule has 2 heterocycles. The van der Waals surface area contributed by atoms with Gasteiger partial charge >= 0.3 is 0 Å². The van der Waals surface area contributed by atoms with Crippen molar-refractivity contribution in [1.82, 2.24) is 19.5 Å². The summed E-state index contributed by atoms with van der Waals surface area (Å²) in [4.78, 5) is 25.9. The number of hydrogen-bond acceptors (Lipinski definition) is 4. The number of rotatable bonds is 2. The van der Waals surface area contributed by atoms with E-state index in [1.165, 1.54) is 4.57 Å². The molecule has 0 amide bonds. The maximum Gasteiger partial charge on any atom is 0.257 e. The number of hydrogen-bond donors (Lipinski definition) is 0. The average Bonchev–Trinajstić information content (AvgIpc) is 2.81. The molecule has 0 unspecified atom stereocenters. The molecule has 0 aliphatic rings. The summed E-state index contributed by atoms with van der Waals surface area (Å²) < 4.78 is 1.53. The summed E-state index contributed by atoms with van der Waals surface area (Å²) in [5, 5.41) is 0.594. The van der Waals surface area contributed by atoms with Gasteiger partial charge in [0.25, 0.3) is 5.91 Å². The number of nitrogens with zero attached hydrogens (tertiary/aromatic N) is 4. The van der Waals surface area contributed by atoms with E-state index in [1.54, 1.807) is 24.3 Å². The summed E-state index contributed by atoms with van der Waals surface area (Å²) in [6.07, 6.45) is 2.20. The van der Waals surface area contributed by atoms with Crippen LogP contribution < -0.4 is 0 Å². The van der Waals surface area contributed by atoms with Crippen molar-refractivity contribution in [3.05, 3.63) is 40.7 Å². The number of halogens is 1. The Balaban J connectivity index is 2.32. The summed E-state index contributed by atoms with van der Waals surface area (Å²) in [7, 11) is 0. The van der Waals surface area contributed by atoms with Crippen molar-refractivity contribution >= 4 is 39.8 Å². The highest BCUT2D eigenvalue weighted by molar-refractivity contribution is 6.31. The van der Waals surface area contributed by atoms with E-state index in [4.69, 9.17) is 11.6 Å². The molecule has 0 atom stereocenters. The first-order valence-corrected chi connectivity index (χ1v) is 7.41. The molecule has 3 rings (SSSR count). The zero-order valence-electron chi connectivity index (χ0n) is 12.6. The van der Waals surface area contributed by atoms with Gasteiger partial charge < -0.3 is 0 Å². The molecule has 0 N–H and O–H groups in total. The van der Waals surface area contributed by atoms with E-state index in [9.17, 15) is 4.79 Å². The van der Waals surface area contributed by atoms with E-state index in [0.29, 0.717) is 39.6 Å². The van der Waals surface area contributed by atoms with E-state index >= 15 is 0 Å². The van der Waals surface area contributed by atoms with Gasteiger partial charge in [0.05, 0.1) is 11.0 Å². The van der Waals surface area contributed by atoms with Crippen LogP contribution in [0, 0.1) is 0 Å². The summed E-state index contributed by atoms with van der Waals surface area (Å²) in [5.41, 5.74) is 3.22. The summed E-state index contributed by atoms with van der Waals surface area (Å²) in [6.45, 7) is 5.71. The minimum atomic E-state index is -0.151. The molecule has 0 aliphatic heterocycles. The predicted molar refractivity (Wildman–Crippen MR) is 87.3 cm³/mol. The fourth-order valence-electron chi connectivity index (χ4n) is 2.31. The van der Waals surface area contributed by atoms with Crippen LogP contribution in [-0.2, 0) is 6.42 Å². The number of fused-ring (bicyclic) bond motifs is 2. The zero-order valence-corrected chi connectivity index (χ0v) is 13.3. The Bertz CT molecular complexity index is 923. The largest absolute Gasteiger partial charge is 0.269 e. The third-order valence-electron chi connectivity index (χ3n) is 3.24. The molecular weight excluding hydrogens is 300 g/mol. The Hall–Kier alpha value is -2.27. The number of aromatic nitrogens is 4. The van der Waals surface area contributed by atoms with Crippen LogP contribution >= 0.6 is 11.6 Å². The highest BCUT2D eigenvalue weighted by Crippen LogP contribution is 2.21. The number of imidazole rings is 1. The van der Waals surface area contributed by atoms with Crippen molar-refractivity contribution in [1.29, 1.82) is 0 Å². The van der Waals surface area contributed by atoms with Crippen LogP contribution in [0.5, 0.6) is 0 Å². The normalized spacial score (nSPS) is 11.1. The van der Waals surface area contributed by atoms with Crippen LogP contribution in [0.25, 0.3) is 22.3 Å². The monoisotopic (exact) mass is 314 g/mol. The van der Waals surface area contributed by atoms with E-state index in [0.717, 1.165) is 5.57 Å². The number of aryl methyl sites for hydroxylation is 1. The molecule has 0 saturated carbocycles. The molecule has 22 heavy (non-hydrogen) atoms. The lowest BCUT2D eigenvalue weighted by Crippen LogP contribution is -2.12. The average molecular weight is 315 g/mol. The standard InChI is InChI=1S/C16H15ClN4O/c1-4-13-20-15-16(21(13)14(22)7-9(2)3)19-11-6-5-10(17)8-12(11)18-15/h5-8H,4H2,1-3H3. The van der Waals surface area contributed by atoms with Gasteiger partial charge in [0.15, 0.2) is 11.3 Å². The van der Waals surface area contributed by atoms with Crippen LogP contribution in [0.3, 0.4) is 0 Å². The fourth-order valence-corrected chi connectivity index (χ4v) is 2.47. The van der Waals surface area contributed by atoms with Gasteiger partial charge in [-0.15, -0.1) is 0 Å². The Morgan fingerprint density at radius 2 is 2.00 bits per heavy atom. The SMILES string of the molecule is CCc1nc2nc3cc(Cl)ccc3nc2n1C(=O)C=C(C)C. The van der Waals surface area contributed by atoms with Crippen molar-refractivity contribution in [2.45, 2.75) is 27.2 Å². The fraction of sp³-hybridized carbons (Fsp3) is 0.250. The second-order valence-corrected chi connectivity index (χ2v) is 5.72. The Morgan fingerprint density at radius 1 is 1.23 bits per heavy atom. The molecule has 0 bridgehead atoms. The summed E-state index contributed by atoms with van der Waals surface area (Å²) in [5.74, 6) is 0.501. The minimum absolute atomic E-state index is 0.151. The molecule has 0 spiro atoms. The highest BCUT2D eigenvalue weighted by Gasteiger charge is 2.17. The molecule has 5 nitrogen and oxygen atoms in total. The predicted octanol–water partition coefficient (Wildman–Crippen LogP) is 3.80. The molecule has 0 radical (unpaired) electrons. The molecule has 0 saturated heterocycles. The van der Waals surface area contributed by atoms with Crippen molar-refractivity contribution in [2.75, 3.05) is 0 Å². The van der Waals surface area contributed by atoms with Gasteiger partial charge in [-0.3, -0.25) is 4.79 Å². The molecule has 112 valence electrons. The van der Waals surface area contributed by atoms with Crippen molar-refractivity contribution in [2.24, 2.45) is 0 Å². The Kier molecular flexibility index (Phi) is 3.66.